The van der Waals surface area contributed by atoms with Crippen molar-refractivity contribution in [2.24, 2.45) is 0 Å². The summed E-state index contributed by atoms with van der Waals surface area (Å²) in [6.45, 7) is 3.07. The highest BCUT2D eigenvalue weighted by Crippen LogP contribution is 2.13. The average molecular weight is 207 g/mol. The van der Waals surface area contributed by atoms with E-state index in [9.17, 15) is 9.59 Å². The summed E-state index contributed by atoms with van der Waals surface area (Å²) in [6.07, 6.45) is 1.10. The Morgan fingerprint density at radius 2 is 2.00 bits per heavy atom. The zero-order valence-corrected chi connectivity index (χ0v) is 8.62. The summed E-state index contributed by atoms with van der Waals surface area (Å²) in [5.74, 6) is 1.56. The summed E-state index contributed by atoms with van der Waals surface area (Å²) in [4.78, 5) is 31.1. The number of piperidine rings is 1. The van der Waals surface area contributed by atoms with E-state index in [-0.39, 0.29) is 11.3 Å². The minimum atomic E-state index is -0.144. The molecular weight excluding hydrogens is 194 g/mol. The van der Waals surface area contributed by atoms with Gasteiger partial charge in [0.05, 0.1) is 0 Å². The van der Waals surface area contributed by atoms with Crippen LogP contribution in [-0.4, -0.2) is 28.8 Å². The predicted octanol–water partition coefficient (Wildman–Crippen LogP) is 0.248. The van der Waals surface area contributed by atoms with Crippen molar-refractivity contribution < 1.29 is 4.79 Å². The maximum absolute atomic E-state index is 11.2. The van der Waals surface area contributed by atoms with Crippen molar-refractivity contribution in [1.82, 2.24) is 9.97 Å². The summed E-state index contributed by atoms with van der Waals surface area (Å²) in [7, 11) is 0. The molecule has 2 heterocycles. The van der Waals surface area contributed by atoms with Gasteiger partial charge in [-0.25, -0.2) is 4.98 Å². The molecule has 1 fully saturated rings. The first-order valence-electron chi connectivity index (χ1n) is 5.00. The Hall–Kier alpha value is -1.65. The van der Waals surface area contributed by atoms with Gasteiger partial charge in [0.2, 0.25) is 0 Å². The van der Waals surface area contributed by atoms with E-state index in [4.69, 9.17) is 0 Å². The van der Waals surface area contributed by atoms with Gasteiger partial charge in [0.25, 0.3) is 5.56 Å². The second-order valence-corrected chi connectivity index (χ2v) is 3.71. The molecule has 0 amide bonds. The highest BCUT2D eigenvalue weighted by atomic mass is 16.1. The minimum absolute atomic E-state index is 0.144. The zero-order chi connectivity index (χ0) is 10.8. The Morgan fingerprint density at radius 1 is 1.33 bits per heavy atom. The van der Waals surface area contributed by atoms with E-state index in [2.05, 4.69) is 9.97 Å². The average Bonchev–Trinajstić information content (AvgIpc) is 2.17. The summed E-state index contributed by atoms with van der Waals surface area (Å²) in [6, 6.07) is 1.47. The number of aryl methyl sites for hydroxylation is 1. The van der Waals surface area contributed by atoms with Crippen molar-refractivity contribution in [3.8, 4) is 0 Å². The van der Waals surface area contributed by atoms with Gasteiger partial charge in [0.1, 0.15) is 17.4 Å². The van der Waals surface area contributed by atoms with Crippen molar-refractivity contribution in [3.05, 3.63) is 22.2 Å². The Labute approximate surface area is 87.1 Å². The Balaban J connectivity index is 2.22. The third-order valence-electron chi connectivity index (χ3n) is 2.49. The molecule has 1 N–H and O–H groups in total. The lowest BCUT2D eigenvalue weighted by molar-refractivity contribution is -0.119. The van der Waals surface area contributed by atoms with E-state index in [0.29, 0.717) is 37.6 Å². The van der Waals surface area contributed by atoms with E-state index >= 15 is 0 Å². The van der Waals surface area contributed by atoms with Gasteiger partial charge in [0.15, 0.2) is 0 Å². The van der Waals surface area contributed by atoms with Crippen LogP contribution in [0.5, 0.6) is 0 Å². The summed E-state index contributed by atoms with van der Waals surface area (Å²) in [5, 5.41) is 0. The van der Waals surface area contributed by atoms with Crippen LogP contribution in [0, 0.1) is 6.92 Å². The topological polar surface area (TPSA) is 66.1 Å². The van der Waals surface area contributed by atoms with Crippen molar-refractivity contribution in [2.45, 2.75) is 19.8 Å². The molecule has 80 valence electrons. The lowest BCUT2D eigenvalue weighted by Crippen LogP contribution is -2.35. The number of rotatable bonds is 1. The molecule has 1 aromatic heterocycles. The molecule has 1 aromatic rings. The molecule has 0 atom stereocenters. The molecule has 0 aromatic carbocycles. The van der Waals surface area contributed by atoms with Crippen LogP contribution in [0.4, 0.5) is 5.82 Å². The van der Waals surface area contributed by atoms with Gasteiger partial charge in [-0.05, 0) is 6.92 Å². The number of carbonyl (C=O) groups excluding carboxylic acids is 1. The predicted molar refractivity (Wildman–Crippen MR) is 56.0 cm³/mol. The third kappa shape index (κ3) is 2.23. The zero-order valence-electron chi connectivity index (χ0n) is 8.62. The van der Waals surface area contributed by atoms with Crippen molar-refractivity contribution in [2.75, 3.05) is 18.0 Å². The van der Waals surface area contributed by atoms with E-state index in [0.717, 1.165) is 0 Å². The molecule has 0 unspecified atom stereocenters. The second kappa shape index (κ2) is 3.84. The lowest BCUT2D eigenvalue weighted by atomic mass is 10.1. The van der Waals surface area contributed by atoms with Gasteiger partial charge in [-0.2, -0.15) is 0 Å². The van der Waals surface area contributed by atoms with Crippen LogP contribution in [0.25, 0.3) is 0 Å². The first-order valence-corrected chi connectivity index (χ1v) is 5.00. The number of hydrogen-bond donors (Lipinski definition) is 1. The standard InChI is InChI=1S/C10H13N3O2/c1-7-11-9(6-10(15)12-7)13-4-2-8(14)3-5-13/h6H,2-5H2,1H3,(H,11,12,15). The maximum atomic E-state index is 11.2. The third-order valence-corrected chi connectivity index (χ3v) is 2.49. The summed E-state index contributed by atoms with van der Waals surface area (Å²) >= 11 is 0. The molecule has 0 spiro atoms. The fourth-order valence-corrected chi connectivity index (χ4v) is 1.71. The number of nitrogens with one attached hydrogen (secondary N) is 1. The molecule has 0 aliphatic carbocycles. The van der Waals surface area contributed by atoms with Crippen LogP contribution in [0.15, 0.2) is 10.9 Å². The quantitative estimate of drug-likeness (QED) is 0.716. The van der Waals surface area contributed by atoms with Crippen LogP contribution >= 0.6 is 0 Å². The van der Waals surface area contributed by atoms with Crippen molar-refractivity contribution in [1.29, 1.82) is 0 Å². The number of anilines is 1. The maximum Gasteiger partial charge on any atom is 0.252 e. The highest BCUT2D eigenvalue weighted by molar-refractivity contribution is 5.80. The largest absolute Gasteiger partial charge is 0.356 e. The van der Waals surface area contributed by atoms with E-state index in [1.807, 2.05) is 4.90 Å². The van der Waals surface area contributed by atoms with Gasteiger partial charge in [-0.1, -0.05) is 0 Å². The normalized spacial score (nSPS) is 16.9. The number of hydrogen-bond acceptors (Lipinski definition) is 4. The van der Waals surface area contributed by atoms with Crippen LogP contribution in [-0.2, 0) is 4.79 Å². The number of ketones is 1. The molecule has 5 nitrogen and oxygen atoms in total. The second-order valence-electron chi connectivity index (χ2n) is 3.71. The fraction of sp³-hybridized carbons (Fsp3) is 0.500. The molecule has 15 heavy (non-hydrogen) atoms. The van der Waals surface area contributed by atoms with Crippen molar-refractivity contribution in [3.63, 3.8) is 0 Å². The van der Waals surface area contributed by atoms with Gasteiger partial charge < -0.3 is 9.88 Å². The number of Topliss-reactive ketones (excluding diaryl/α,β-unsaturated/α-hetero) is 1. The highest BCUT2D eigenvalue weighted by Gasteiger charge is 2.17. The van der Waals surface area contributed by atoms with Gasteiger partial charge in [-0.15, -0.1) is 0 Å². The number of carbonyl (C=O) groups is 1. The first-order chi connectivity index (χ1) is 7.15. The first kappa shape index (κ1) is 9.89. The van der Waals surface area contributed by atoms with Crippen LogP contribution < -0.4 is 10.5 Å². The Morgan fingerprint density at radius 3 is 2.60 bits per heavy atom. The summed E-state index contributed by atoms with van der Waals surface area (Å²) < 4.78 is 0. The van der Waals surface area contributed by atoms with Gasteiger partial charge in [-0.3, -0.25) is 9.59 Å². The van der Waals surface area contributed by atoms with E-state index in [1.54, 1.807) is 6.92 Å². The number of aromatic amines is 1. The minimum Gasteiger partial charge on any atom is -0.356 e. The van der Waals surface area contributed by atoms with Crippen LogP contribution in [0.3, 0.4) is 0 Å². The van der Waals surface area contributed by atoms with Crippen LogP contribution in [0.2, 0.25) is 0 Å². The number of nitrogens with zero attached hydrogens (tertiary/aromatic N) is 2. The van der Waals surface area contributed by atoms with E-state index < -0.39 is 0 Å². The fourth-order valence-electron chi connectivity index (χ4n) is 1.71. The Kier molecular flexibility index (Phi) is 2.53. The number of aromatic nitrogens is 2. The van der Waals surface area contributed by atoms with Crippen molar-refractivity contribution >= 4 is 11.6 Å². The van der Waals surface area contributed by atoms with Gasteiger partial charge >= 0.3 is 0 Å². The summed E-state index contributed by atoms with van der Waals surface area (Å²) in [5.41, 5.74) is -0.144. The smallest absolute Gasteiger partial charge is 0.252 e. The SMILES string of the molecule is Cc1nc(N2CCC(=O)CC2)cc(=O)[nH]1. The molecule has 0 radical (unpaired) electrons. The number of H-pyrrole nitrogens is 1. The molecule has 0 saturated carbocycles. The van der Waals surface area contributed by atoms with E-state index in [1.165, 1.54) is 6.07 Å². The monoisotopic (exact) mass is 207 g/mol. The molecular formula is C10H13N3O2. The molecule has 2 rings (SSSR count). The molecule has 0 bridgehead atoms. The van der Waals surface area contributed by atoms with Crippen LogP contribution in [0.1, 0.15) is 18.7 Å². The Bertz CT molecular complexity index is 429. The molecule has 1 saturated heterocycles. The lowest BCUT2D eigenvalue weighted by Gasteiger charge is -2.26. The molecule has 1 aliphatic heterocycles. The molecule has 1 aliphatic rings. The van der Waals surface area contributed by atoms with Gasteiger partial charge in [0, 0.05) is 32.0 Å². The molecule has 5 heteroatoms.